The smallest absolute Gasteiger partial charge is 0.282 e. The second-order valence-corrected chi connectivity index (χ2v) is 7.02. The molecule has 0 radical (unpaired) electrons. The van der Waals surface area contributed by atoms with Gasteiger partial charge in [-0.05, 0) is 36.4 Å². The molecule has 1 N–H and O–H groups in total. The van der Waals surface area contributed by atoms with Crippen LogP contribution in [0.4, 0.5) is 15.8 Å². The van der Waals surface area contributed by atoms with E-state index in [1.54, 1.807) is 25.3 Å². The molecule has 0 atom stereocenters. The summed E-state index contributed by atoms with van der Waals surface area (Å²) in [5.41, 5.74) is 1.38. The Morgan fingerprint density at radius 2 is 1.90 bits per heavy atom. The Balaban J connectivity index is 1.59. The number of hydrogen-bond donors (Lipinski definition) is 1. The molecule has 0 spiro atoms. The number of rotatable bonds is 7. The van der Waals surface area contributed by atoms with E-state index in [1.807, 2.05) is 30.3 Å². The number of ether oxygens (including phenoxy) is 1. The third kappa shape index (κ3) is 5.24. The largest absolute Gasteiger partial charge is 0.497 e. The van der Waals surface area contributed by atoms with Gasteiger partial charge in [-0.1, -0.05) is 12.1 Å². The predicted octanol–water partition coefficient (Wildman–Crippen LogP) is 1.49. The standard InChI is InChI=1S/C22H25FN4O2/c1-29-19-9-7-18(8-10-19)26-15-13-25(14-16-26)17-22(28)27(12-4-11-24)21-6-3-2-5-20(21)23/h2-3,5-10H,4,12-17H2,1H3/p+1. The van der Waals surface area contributed by atoms with Crippen molar-refractivity contribution in [3.63, 3.8) is 0 Å². The summed E-state index contributed by atoms with van der Waals surface area (Å²) in [7, 11) is 1.65. The minimum Gasteiger partial charge on any atom is -0.497 e. The molecule has 0 saturated carbocycles. The van der Waals surface area contributed by atoms with Gasteiger partial charge in [-0.3, -0.25) is 4.79 Å². The number of hydrogen-bond acceptors (Lipinski definition) is 4. The van der Waals surface area contributed by atoms with Crippen molar-refractivity contribution in [1.29, 1.82) is 5.26 Å². The second kappa shape index (κ2) is 9.89. The van der Waals surface area contributed by atoms with Crippen LogP contribution >= 0.6 is 0 Å². The van der Waals surface area contributed by atoms with Crippen molar-refractivity contribution in [2.24, 2.45) is 0 Å². The Labute approximate surface area is 170 Å². The summed E-state index contributed by atoms with van der Waals surface area (Å²) < 4.78 is 19.4. The van der Waals surface area contributed by atoms with Gasteiger partial charge >= 0.3 is 0 Å². The number of anilines is 2. The molecule has 1 aliphatic heterocycles. The quantitative estimate of drug-likeness (QED) is 0.769. The van der Waals surface area contributed by atoms with Gasteiger partial charge in [0.2, 0.25) is 0 Å². The maximum absolute atomic E-state index is 14.2. The monoisotopic (exact) mass is 397 g/mol. The number of piperazine rings is 1. The Hall–Kier alpha value is -3.11. The Bertz CT molecular complexity index is 858. The molecule has 7 heteroatoms. The SMILES string of the molecule is COc1ccc(N2CC[NH+](CC(=O)N(CCC#N)c3ccccc3F)CC2)cc1. The number of nitriles is 1. The van der Waals surface area contributed by atoms with Crippen molar-refractivity contribution in [2.75, 3.05) is 56.2 Å². The maximum Gasteiger partial charge on any atom is 0.282 e. The van der Waals surface area contributed by atoms with E-state index in [9.17, 15) is 9.18 Å². The van der Waals surface area contributed by atoms with Crippen LogP contribution in [0, 0.1) is 17.1 Å². The van der Waals surface area contributed by atoms with Gasteiger partial charge in [0.05, 0.1) is 51.5 Å². The molecule has 2 aromatic rings. The highest BCUT2D eigenvalue weighted by Gasteiger charge is 2.26. The van der Waals surface area contributed by atoms with E-state index < -0.39 is 5.82 Å². The van der Waals surface area contributed by atoms with E-state index in [1.165, 1.54) is 11.0 Å². The molecule has 0 aliphatic carbocycles. The van der Waals surface area contributed by atoms with Gasteiger partial charge in [-0.2, -0.15) is 5.26 Å². The average molecular weight is 397 g/mol. The first-order valence-electron chi connectivity index (χ1n) is 9.77. The number of methoxy groups -OCH3 is 1. The lowest BCUT2D eigenvalue weighted by Gasteiger charge is -2.34. The first-order valence-corrected chi connectivity index (χ1v) is 9.77. The van der Waals surface area contributed by atoms with E-state index in [2.05, 4.69) is 4.90 Å². The number of carbonyl (C=O) groups excluding carboxylic acids is 1. The van der Waals surface area contributed by atoms with Crippen LogP contribution in [-0.4, -0.2) is 52.3 Å². The Morgan fingerprint density at radius 1 is 1.21 bits per heavy atom. The van der Waals surface area contributed by atoms with Gasteiger partial charge in [-0.15, -0.1) is 0 Å². The van der Waals surface area contributed by atoms with Gasteiger partial charge in [0.25, 0.3) is 5.91 Å². The summed E-state index contributed by atoms with van der Waals surface area (Å²) in [6, 6.07) is 16.2. The fraction of sp³-hybridized carbons (Fsp3) is 0.364. The van der Waals surface area contributed by atoms with Crippen LogP contribution in [0.1, 0.15) is 6.42 Å². The third-order valence-corrected chi connectivity index (χ3v) is 5.20. The molecule has 6 nitrogen and oxygen atoms in total. The number of halogens is 1. The van der Waals surface area contributed by atoms with E-state index in [4.69, 9.17) is 10.00 Å². The minimum absolute atomic E-state index is 0.154. The highest BCUT2D eigenvalue weighted by Crippen LogP contribution is 2.20. The topological polar surface area (TPSA) is 61.0 Å². The molecule has 152 valence electrons. The number of nitrogens with one attached hydrogen (secondary N) is 1. The molecule has 1 aliphatic rings. The molecule has 0 bridgehead atoms. The Morgan fingerprint density at radius 3 is 2.52 bits per heavy atom. The number of carbonyl (C=O) groups is 1. The molecular formula is C22H26FN4O2+. The molecule has 1 saturated heterocycles. The summed E-state index contributed by atoms with van der Waals surface area (Å²) in [6.45, 7) is 3.81. The van der Waals surface area contributed by atoms with Gasteiger partial charge in [0.15, 0.2) is 6.54 Å². The zero-order valence-corrected chi connectivity index (χ0v) is 16.6. The summed E-state index contributed by atoms with van der Waals surface area (Å²) >= 11 is 0. The number of quaternary nitrogens is 1. The van der Waals surface area contributed by atoms with Crippen molar-refractivity contribution in [3.8, 4) is 11.8 Å². The van der Waals surface area contributed by atoms with Crippen LogP contribution < -0.4 is 19.4 Å². The zero-order chi connectivity index (χ0) is 20.6. The first-order chi connectivity index (χ1) is 14.1. The summed E-state index contributed by atoms with van der Waals surface area (Å²) in [6.07, 6.45) is 0.167. The highest BCUT2D eigenvalue weighted by molar-refractivity contribution is 5.94. The Kier molecular flexibility index (Phi) is 7.04. The first kappa shape index (κ1) is 20.6. The lowest BCUT2D eigenvalue weighted by molar-refractivity contribution is -0.892. The summed E-state index contributed by atoms with van der Waals surface area (Å²) in [4.78, 5) is 17.8. The van der Waals surface area contributed by atoms with Gasteiger partial charge in [0.1, 0.15) is 11.6 Å². The number of benzene rings is 2. The van der Waals surface area contributed by atoms with Crippen LogP contribution in [0.3, 0.4) is 0 Å². The molecule has 3 rings (SSSR count). The van der Waals surface area contributed by atoms with Gasteiger partial charge in [-0.25, -0.2) is 4.39 Å². The van der Waals surface area contributed by atoms with E-state index in [0.717, 1.165) is 42.5 Å². The zero-order valence-electron chi connectivity index (χ0n) is 16.6. The molecular weight excluding hydrogens is 371 g/mol. The van der Waals surface area contributed by atoms with Crippen molar-refractivity contribution in [1.82, 2.24) is 0 Å². The lowest BCUT2D eigenvalue weighted by atomic mass is 10.2. The lowest BCUT2D eigenvalue weighted by Crippen LogP contribution is -3.16. The normalized spacial score (nSPS) is 14.3. The fourth-order valence-corrected chi connectivity index (χ4v) is 3.57. The molecule has 0 aromatic heterocycles. The molecule has 2 aromatic carbocycles. The van der Waals surface area contributed by atoms with Gasteiger partial charge < -0.3 is 19.4 Å². The van der Waals surface area contributed by atoms with Crippen molar-refractivity contribution in [3.05, 3.63) is 54.3 Å². The number of amides is 1. The number of para-hydroxylation sites is 1. The van der Waals surface area contributed by atoms with Crippen LogP contribution in [0.15, 0.2) is 48.5 Å². The van der Waals surface area contributed by atoms with Crippen LogP contribution in [0.2, 0.25) is 0 Å². The predicted molar refractivity (Wildman–Crippen MR) is 110 cm³/mol. The minimum atomic E-state index is -0.446. The van der Waals surface area contributed by atoms with Crippen LogP contribution in [0.25, 0.3) is 0 Å². The molecule has 1 heterocycles. The van der Waals surface area contributed by atoms with E-state index >= 15 is 0 Å². The maximum atomic E-state index is 14.2. The van der Waals surface area contributed by atoms with Crippen molar-refractivity contribution >= 4 is 17.3 Å². The van der Waals surface area contributed by atoms with Gasteiger partial charge in [0, 0.05) is 12.2 Å². The highest BCUT2D eigenvalue weighted by atomic mass is 19.1. The third-order valence-electron chi connectivity index (χ3n) is 5.20. The fourth-order valence-electron chi connectivity index (χ4n) is 3.57. The summed E-state index contributed by atoms with van der Waals surface area (Å²) in [5.74, 6) is 0.227. The molecule has 1 fully saturated rings. The molecule has 1 amide bonds. The van der Waals surface area contributed by atoms with Crippen LogP contribution in [0.5, 0.6) is 5.75 Å². The average Bonchev–Trinajstić information content (AvgIpc) is 2.76. The van der Waals surface area contributed by atoms with E-state index in [0.29, 0.717) is 0 Å². The second-order valence-electron chi connectivity index (χ2n) is 7.02. The molecule has 0 unspecified atom stereocenters. The van der Waals surface area contributed by atoms with Crippen molar-refractivity contribution < 1.29 is 18.8 Å². The van der Waals surface area contributed by atoms with Crippen LogP contribution in [-0.2, 0) is 4.79 Å². The molecule has 29 heavy (non-hydrogen) atoms. The number of nitrogens with zero attached hydrogens (tertiary/aromatic N) is 3. The van der Waals surface area contributed by atoms with Crippen molar-refractivity contribution in [2.45, 2.75) is 6.42 Å². The summed E-state index contributed by atoms with van der Waals surface area (Å²) in [5, 5.41) is 8.90. The van der Waals surface area contributed by atoms with E-state index in [-0.39, 0.29) is 31.1 Å².